The van der Waals surface area contributed by atoms with Gasteiger partial charge in [0.05, 0.1) is 12.0 Å². The zero-order valence-corrected chi connectivity index (χ0v) is 9.10. The van der Waals surface area contributed by atoms with Crippen molar-refractivity contribution in [2.45, 2.75) is 20.1 Å². The molecule has 2 aromatic rings. The number of rotatable bonds is 6. The first-order chi connectivity index (χ1) is 7.88. The number of oxazole rings is 1. The molecule has 0 amide bonds. The van der Waals surface area contributed by atoms with E-state index in [9.17, 15) is 0 Å². The van der Waals surface area contributed by atoms with Crippen LogP contribution >= 0.6 is 0 Å². The Bertz CT molecular complexity index is 409. The van der Waals surface area contributed by atoms with Crippen LogP contribution in [0, 0.1) is 0 Å². The Kier molecular flexibility index (Phi) is 3.61. The summed E-state index contributed by atoms with van der Waals surface area (Å²) in [6.45, 7) is 3.95. The summed E-state index contributed by atoms with van der Waals surface area (Å²) in [7, 11) is 0. The van der Waals surface area contributed by atoms with Crippen molar-refractivity contribution >= 4 is 0 Å². The lowest BCUT2D eigenvalue weighted by atomic mass is 10.5. The van der Waals surface area contributed by atoms with E-state index in [1.165, 1.54) is 0 Å². The van der Waals surface area contributed by atoms with Crippen LogP contribution in [0.4, 0.5) is 0 Å². The van der Waals surface area contributed by atoms with E-state index in [1.807, 2.05) is 19.1 Å². The predicted molar refractivity (Wildman–Crippen MR) is 56.9 cm³/mol. The first kappa shape index (κ1) is 10.8. The molecule has 0 aliphatic carbocycles. The maximum absolute atomic E-state index is 5.31. The van der Waals surface area contributed by atoms with E-state index in [0.717, 1.165) is 18.0 Å². The largest absolute Gasteiger partial charge is 0.466 e. The maximum atomic E-state index is 5.31. The summed E-state index contributed by atoms with van der Waals surface area (Å²) in [4.78, 5) is 4.15. The summed E-state index contributed by atoms with van der Waals surface area (Å²) in [5, 5.41) is 3.15. The first-order valence-corrected chi connectivity index (χ1v) is 5.19. The number of hydrogen-bond donors (Lipinski definition) is 1. The van der Waals surface area contributed by atoms with Crippen molar-refractivity contribution in [2.24, 2.45) is 0 Å². The normalized spacial score (nSPS) is 10.6. The third-order valence-electron chi connectivity index (χ3n) is 2.00. The third kappa shape index (κ3) is 2.87. The van der Waals surface area contributed by atoms with Gasteiger partial charge in [-0.05, 0) is 18.7 Å². The van der Waals surface area contributed by atoms with Gasteiger partial charge in [-0.25, -0.2) is 0 Å². The maximum Gasteiger partial charge on any atom is 0.394 e. The van der Waals surface area contributed by atoms with Crippen molar-refractivity contribution in [2.75, 3.05) is 6.54 Å². The Morgan fingerprint density at radius 2 is 2.38 bits per heavy atom. The lowest BCUT2D eigenvalue weighted by Gasteiger charge is -1.97. The Hall–Kier alpha value is -1.75. The molecule has 16 heavy (non-hydrogen) atoms. The van der Waals surface area contributed by atoms with Crippen LogP contribution in [0.3, 0.4) is 0 Å². The number of ether oxygens (including phenoxy) is 1. The Labute approximate surface area is 93.4 Å². The van der Waals surface area contributed by atoms with Crippen molar-refractivity contribution in [1.29, 1.82) is 0 Å². The van der Waals surface area contributed by atoms with Gasteiger partial charge in [0.1, 0.15) is 12.0 Å². The lowest BCUT2D eigenvalue weighted by Crippen LogP contribution is -2.11. The van der Waals surface area contributed by atoms with Gasteiger partial charge in [-0.2, -0.15) is 4.98 Å². The highest BCUT2D eigenvalue weighted by Crippen LogP contribution is 2.12. The van der Waals surface area contributed by atoms with E-state index in [-0.39, 0.29) is 6.08 Å². The van der Waals surface area contributed by atoms with Crippen molar-refractivity contribution in [1.82, 2.24) is 10.3 Å². The Morgan fingerprint density at radius 1 is 1.44 bits per heavy atom. The second-order valence-electron chi connectivity index (χ2n) is 3.25. The van der Waals surface area contributed by atoms with Crippen LogP contribution in [-0.2, 0) is 13.2 Å². The molecule has 0 unspecified atom stereocenters. The molecular weight excluding hydrogens is 208 g/mol. The molecule has 2 rings (SSSR count). The average Bonchev–Trinajstić information content (AvgIpc) is 2.95. The van der Waals surface area contributed by atoms with Crippen LogP contribution in [0.5, 0.6) is 6.08 Å². The van der Waals surface area contributed by atoms with Crippen LogP contribution in [0.2, 0.25) is 0 Å². The quantitative estimate of drug-likeness (QED) is 0.809. The topological polar surface area (TPSA) is 60.4 Å². The number of hydrogen-bond acceptors (Lipinski definition) is 5. The van der Waals surface area contributed by atoms with Crippen molar-refractivity contribution < 1.29 is 13.6 Å². The molecule has 0 aromatic carbocycles. The zero-order chi connectivity index (χ0) is 11.2. The SMILES string of the molecule is CCNCc1coc(OCc2ccco2)n1. The monoisotopic (exact) mass is 222 g/mol. The molecule has 0 fully saturated rings. The fourth-order valence-electron chi connectivity index (χ4n) is 1.22. The molecule has 0 atom stereocenters. The third-order valence-corrected chi connectivity index (χ3v) is 2.00. The zero-order valence-electron chi connectivity index (χ0n) is 9.10. The second kappa shape index (κ2) is 5.37. The molecule has 0 aliphatic rings. The van der Waals surface area contributed by atoms with Gasteiger partial charge >= 0.3 is 6.08 Å². The van der Waals surface area contributed by atoms with Crippen molar-refractivity contribution in [3.63, 3.8) is 0 Å². The van der Waals surface area contributed by atoms with Crippen molar-refractivity contribution in [3.8, 4) is 6.08 Å². The number of nitrogens with one attached hydrogen (secondary N) is 1. The standard InChI is InChI=1S/C11H14N2O3/c1-2-12-6-9-7-15-11(13-9)16-8-10-4-3-5-14-10/h3-5,7,12H,2,6,8H2,1H3. The average molecular weight is 222 g/mol. The highest BCUT2D eigenvalue weighted by molar-refractivity contribution is 5.01. The molecule has 0 aliphatic heterocycles. The van der Waals surface area contributed by atoms with E-state index >= 15 is 0 Å². The van der Waals surface area contributed by atoms with Gasteiger partial charge in [-0.1, -0.05) is 6.92 Å². The van der Waals surface area contributed by atoms with E-state index in [4.69, 9.17) is 13.6 Å². The molecule has 5 nitrogen and oxygen atoms in total. The van der Waals surface area contributed by atoms with Gasteiger partial charge in [0.2, 0.25) is 0 Å². The summed E-state index contributed by atoms with van der Waals surface area (Å²) < 4.78 is 15.6. The minimum Gasteiger partial charge on any atom is -0.466 e. The minimum absolute atomic E-state index is 0.268. The number of nitrogens with zero attached hydrogens (tertiary/aromatic N) is 1. The molecule has 0 spiro atoms. The van der Waals surface area contributed by atoms with E-state index in [0.29, 0.717) is 13.2 Å². The van der Waals surface area contributed by atoms with Gasteiger partial charge < -0.3 is 18.9 Å². The molecule has 5 heteroatoms. The molecule has 0 saturated carbocycles. The van der Waals surface area contributed by atoms with Gasteiger partial charge in [-0.3, -0.25) is 0 Å². The molecule has 2 heterocycles. The Balaban J connectivity index is 1.83. The lowest BCUT2D eigenvalue weighted by molar-refractivity contribution is 0.200. The summed E-state index contributed by atoms with van der Waals surface area (Å²) in [6.07, 6.45) is 3.45. The van der Waals surface area contributed by atoms with Gasteiger partial charge in [-0.15, -0.1) is 0 Å². The smallest absolute Gasteiger partial charge is 0.394 e. The van der Waals surface area contributed by atoms with Crippen LogP contribution in [0.25, 0.3) is 0 Å². The van der Waals surface area contributed by atoms with Crippen LogP contribution in [-0.4, -0.2) is 11.5 Å². The highest BCUT2D eigenvalue weighted by atomic mass is 16.6. The van der Waals surface area contributed by atoms with Gasteiger partial charge in [0.15, 0.2) is 6.61 Å². The molecule has 1 N–H and O–H groups in total. The van der Waals surface area contributed by atoms with Gasteiger partial charge in [0, 0.05) is 6.54 Å². The second-order valence-corrected chi connectivity index (χ2v) is 3.25. The molecule has 2 aromatic heterocycles. The fraction of sp³-hybridized carbons (Fsp3) is 0.364. The van der Waals surface area contributed by atoms with Crippen molar-refractivity contribution in [3.05, 3.63) is 36.1 Å². The van der Waals surface area contributed by atoms with Gasteiger partial charge in [0.25, 0.3) is 0 Å². The van der Waals surface area contributed by atoms with E-state index in [1.54, 1.807) is 12.5 Å². The fourth-order valence-corrected chi connectivity index (χ4v) is 1.22. The molecule has 86 valence electrons. The summed E-state index contributed by atoms with van der Waals surface area (Å²) in [6, 6.07) is 3.65. The number of aromatic nitrogens is 1. The predicted octanol–water partition coefficient (Wildman–Crippen LogP) is 1.96. The summed E-state index contributed by atoms with van der Waals surface area (Å²) in [5.74, 6) is 0.742. The molecule has 0 radical (unpaired) electrons. The molecule has 0 saturated heterocycles. The molecule has 0 bridgehead atoms. The first-order valence-electron chi connectivity index (χ1n) is 5.19. The number of furan rings is 1. The van der Waals surface area contributed by atoms with E-state index < -0.39 is 0 Å². The Morgan fingerprint density at radius 3 is 3.12 bits per heavy atom. The summed E-state index contributed by atoms with van der Waals surface area (Å²) >= 11 is 0. The summed E-state index contributed by atoms with van der Waals surface area (Å²) in [5.41, 5.74) is 0.830. The van der Waals surface area contributed by atoms with E-state index in [2.05, 4.69) is 10.3 Å². The minimum atomic E-state index is 0.268. The van der Waals surface area contributed by atoms with Crippen LogP contribution in [0.15, 0.2) is 33.5 Å². The van der Waals surface area contributed by atoms with Crippen LogP contribution in [0.1, 0.15) is 18.4 Å². The van der Waals surface area contributed by atoms with Crippen LogP contribution < -0.4 is 10.1 Å². The molecular formula is C11H14N2O3. The highest BCUT2D eigenvalue weighted by Gasteiger charge is 2.05.